The highest BCUT2D eigenvalue weighted by molar-refractivity contribution is 9.09. The molecular weight excluding hydrogens is 480 g/mol. The maximum Gasteiger partial charge on any atom is 0.330 e. The second-order valence-electron chi connectivity index (χ2n) is 6.12. The van der Waals surface area contributed by atoms with Gasteiger partial charge in [0.25, 0.3) is 13.7 Å². The van der Waals surface area contributed by atoms with E-state index < -0.39 is 56.7 Å². The smallest absolute Gasteiger partial charge is 0.330 e. The SMILES string of the molecule is CC(C)OC(=O)[C@H](C)N[PH](=O)OC[C@@H](OC(CBr)n1ccc(=O)[nH]c1=O)[C@@H](O)F. The number of alkyl halides is 2. The first-order chi connectivity index (χ1) is 13.5. The average molecular weight is 504 g/mol. The number of aliphatic hydroxyl groups excluding tert-OH is 1. The number of halogens is 2. The number of nitrogens with one attached hydrogen (secondary N) is 2. The van der Waals surface area contributed by atoms with Gasteiger partial charge in [0.2, 0.25) is 6.36 Å². The lowest BCUT2D eigenvalue weighted by Crippen LogP contribution is -2.39. The fourth-order valence-corrected chi connectivity index (χ4v) is 3.32. The number of H-pyrrole nitrogens is 1. The van der Waals surface area contributed by atoms with E-state index in [0.29, 0.717) is 0 Å². The van der Waals surface area contributed by atoms with Gasteiger partial charge in [-0.2, -0.15) is 0 Å². The van der Waals surface area contributed by atoms with Crippen molar-refractivity contribution in [2.45, 2.75) is 51.6 Å². The summed E-state index contributed by atoms with van der Waals surface area (Å²) in [7, 11) is -3.00. The third-order valence-corrected chi connectivity index (χ3v) is 5.00. The Hall–Kier alpha value is -1.37. The predicted molar refractivity (Wildman–Crippen MR) is 105 cm³/mol. The van der Waals surface area contributed by atoms with Crippen LogP contribution >= 0.6 is 24.1 Å². The van der Waals surface area contributed by atoms with Gasteiger partial charge < -0.3 is 19.1 Å². The average Bonchev–Trinajstić information content (AvgIpc) is 2.61. The standard InChI is InChI=1S/C15H24BrFN3O8P/c1-8(2)27-14(23)9(3)19-29(25)26-7-10(13(17)22)28-12(6-16)20-5-4-11(21)18-15(20)24/h4-5,8-10,12-13,22,29H,6-7H2,1-3H3,(H,19,25)(H,18,21,24)/t9-,10+,12?,13+/m0/s1. The Bertz CT molecular complexity index is 802. The highest BCUT2D eigenvalue weighted by atomic mass is 79.9. The van der Waals surface area contributed by atoms with E-state index in [2.05, 4.69) is 21.0 Å². The molecular formula is C15H24BrFN3O8P. The predicted octanol–water partition coefficient (Wildman–Crippen LogP) is 0.439. The summed E-state index contributed by atoms with van der Waals surface area (Å²) in [5.74, 6) is -0.642. The van der Waals surface area contributed by atoms with Crippen LogP contribution in [0, 0.1) is 0 Å². The third-order valence-electron chi connectivity index (χ3n) is 3.35. The molecule has 14 heteroatoms. The monoisotopic (exact) mass is 503 g/mol. The second kappa shape index (κ2) is 12.4. The summed E-state index contributed by atoms with van der Waals surface area (Å²) in [6, 6.07) is 0.131. The summed E-state index contributed by atoms with van der Waals surface area (Å²) < 4.78 is 41.7. The summed E-state index contributed by atoms with van der Waals surface area (Å²) in [4.78, 5) is 36.7. The quantitative estimate of drug-likeness (QED) is 0.209. The number of carbonyl (C=O) groups excluding carboxylic acids is 1. The number of carbonyl (C=O) groups is 1. The fourth-order valence-electron chi connectivity index (χ4n) is 1.99. The van der Waals surface area contributed by atoms with E-state index in [1.807, 2.05) is 4.98 Å². The Kier molecular flexibility index (Phi) is 10.9. The van der Waals surface area contributed by atoms with Crippen molar-refractivity contribution in [3.05, 3.63) is 33.1 Å². The molecule has 0 saturated carbocycles. The van der Waals surface area contributed by atoms with Crippen LogP contribution in [0.4, 0.5) is 4.39 Å². The zero-order chi connectivity index (χ0) is 22.1. The van der Waals surface area contributed by atoms with E-state index in [1.165, 1.54) is 6.92 Å². The molecule has 0 aliphatic heterocycles. The van der Waals surface area contributed by atoms with Crippen LogP contribution in [0.1, 0.15) is 27.0 Å². The first-order valence-electron chi connectivity index (χ1n) is 8.54. The molecule has 0 aromatic carbocycles. The molecule has 11 nitrogen and oxygen atoms in total. The number of aromatic amines is 1. The van der Waals surface area contributed by atoms with Crippen molar-refractivity contribution in [2.75, 3.05) is 11.9 Å². The number of hydrogen-bond donors (Lipinski definition) is 3. The van der Waals surface area contributed by atoms with Crippen LogP contribution in [-0.4, -0.2) is 57.2 Å². The molecule has 0 saturated heterocycles. The van der Waals surface area contributed by atoms with Crippen LogP contribution in [-0.2, 0) is 23.4 Å². The van der Waals surface area contributed by atoms with Crippen molar-refractivity contribution in [3.63, 3.8) is 0 Å². The van der Waals surface area contributed by atoms with Gasteiger partial charge in [0.05, 0.1) is 12.7 Å². The Morgan fingerprint density at radius 1 is 1.41 bits per heavy atom. The van der Waals surface area contributed by atoms with E-state index >= 15 is 0 Å². The Balaban J connectivity index is 2.70. The molecule has 0 bridgehead atoms. The van der Waals surface area contributed by atoms with Crippen LogP contribution in [0.2, 0.25) is 0 Å². The highest BCUT2D eigenvalue weighted by Crippen LogP contribution is 2.22. The van der Waals surface area contributed by atoms with Crippen molar-refractivity contribution in [3.8, 4) is 0 Å². The van der Waals surface area contributed by atoms with Crippen molar-refractivity contribution in [1.29, 1.82) is 0 Å². The molecule has 5 atom stereocenters. The first kappa shape index (κ1) is 25.7. The van der Waals surface area contributed by atoms with Crippen LogP contribution in [0.25, 0.3) is 0 Å². The lowest BCUT2D eigenvalue weighted by molar-refractivity contribution is -0.151. The molecule has 0 spiro atoms. The molecule has 3 N–H and O–H groups in total. The van der Waals surface area contributed by atoms with Crippen LogP contribution in [0.15, 0.2) is 21.9 Å². The molecule has 1 rings (SSSR count). The molecule has 1 aromatic rings. The van der Waals surface area contributed by atoms with E-state index in [4.69, 9.17) is 14.0 Å². The van der Waals surface area contributed by atoms with Gasteiger partial charge in [-0.3, -0.25) is 23.7 Å². The topological polar surface area (TPSA) is 149 Å². The van der Waals surface area contributed by atoms with Crippen molar-refractivity contribution in [1.82, 2.24) is 14.6 Å². The molecule has 29 heavy (non-hydrogen) atoms. The van der Waals surface area contributed by atoms with Crippen molar-refractivity contribution < 1.29 is 32.9 Å². The van der Waals surface area contributed by atoms with Crippen LogP contribution in [0.5, 0.6) is 0 Å². The number of ether oxygens (including phenoxy) is 2. The Morgan fingerprint density at radius 3 is 2.59 bits per heavy atom. The van der Waals surface area contributed by atoms with Gasteiger partial charge in [-0.05, 0) is 20.8 Å². The number of hydrogen-bond acceptors (Lipinski definition) is 8. The summed E-state index contributed by atoms with van der Waals surface area (Å²) >= 11 is 3.09. The number of esters is 1. The first-order valence-corrected chi connectivity index (χ1v) is 11.0. The van der Waals surface area contributed by atoms with E-state index in [0.717, 1.165) is 16.8 Å². The Labute approximate surface area is 174 Å². The Morgan fingerprint density at radius 2 is 2.07 bits per heavy atom. The number of aliphatic hydroxyl groups is 1. The maximum absolute atomic E-state index is 13.5. The minimum atomic E-state index is -3.00. The fraction of sp³-hybridized carbons (Fsp3) is 0.667. The van der Waals surface area contributed by atoms with Gasteiger partial charge in [0.1, 0.15) is 18.4 Å². The molecule has 0 aliphatic carbocycles. The van der Waals surface area contributed by atoms with Gasteiger partial charge in [0, 0.05) is 17.6 Å². The molecule has 0 amide bonds. The van der Waals surface area contributed by atoms with E-state index in [-0.39, 0.29) is 11.4 Å². The molecule has 0 radical (unpaired) electrons. The van der Waals surface area contributed by atoms with E-state index in [1.54, 1.807) is 13.8 Å². The summed E-state index contributed by atoms with van der Waals surface area (Å²) in [5, 5.41) is 11.7. The van der Waals surface area contributed by atoms with Gasteiger partial charge in [0.15, 0.2) is 0 Å². The minimum absolute atomic E-state index is 0.00762. The number of rotatable bonds is 12. The lowest BCUT2D eigenvalue weighted by atomic mass is 10.4. The molecule has 0 aliphatic rings. The minimum Gasteiger partial charge on any atom is -0.462 e. The molecule has 0 fully saturated rings. The summed E-state index contributed by atoms with van der Waals surface area (Å²) in [6.07, 6.45) is -4.44. The van der Waals surface area contributed by atoms with Gasteiger partial charge in [-0.25, -0.2) is 14.3 Å². The highest BCUT2D eigenvalue weighted by Gasteiger charge is 2.27. The molecule has 166 valence electrons. The van der Waals surface area contributed by atoms with Gasteiger partial charge in [-0.15, -0.1) is 0 Å². The van der Waals surface area contributed by atoms with Gasteiger partial charge >= 0.3 is 11.7 Å². The normalized spacial score (nSPS) is 16.8. The second-order valence-corrected chi connectivity index (χ2v) is 7.92. The third kappa shape index (κ3) is 8.89. The molecule has 2 unspecified atom stereocenters. The summed E-state index contributed by atoms with van der Waals surface area (Å²) in [6.45, 7) is 4.08. The number of aromatic nitrogens is 2. The number of nitrogens with zero attached hydrogens (tertiary/aromatic N) is 1. The van der Waals surface area contributed by atoms with E-state index in [9.17, 15) is 28.4 Å². The largest absolute Gasteiger partial charge is 0.462 e. The van der Waals surface area contributed by atoms with Crippen molar-refractivity contribution in [2.24, 2.45) is 0 Å². The lowest BCUT2D eigenvalue weighted by Gasteiger charge is -2.25. The van der Waals surface area contributed by atoms with Crippen LogP contribution < -0.4 is 16.3 Å². The summed E-state index contributed by atoms with van der Waals surface area (Å²) in [5.41, 5.74) is -1.43. The van der Waals surface area contributed by atoms with Gasteiger partial charge in [-0.1, -0.05) is 15.9 Å². The molecule has 1 aromatic heterocycles. The zero-order valence-corrected chi connectivity index (χ0v) is 18.5. The van der Waals surface area contributed by atoms with Crippen LogP contribution in [0.3, 0.4) is 0 Å². The molecule has 1 heterocycles. The van der Waals surface area contributed by atoms with Crippen molar-refractivity contribution >= 4 is 30.1 Å². The maximum atomic E-state index is 13.5. The zero-order valence-electron chi connectivity index (χ0n) is 16.0.